The molecule has 3 aromatic heterocycles. The maximum Gasteiger partial charge on any atom is 0.242 e. The predicted molar refractivity (Wildman–Crippen MR) is 94.4 cm³/mol. The Morgan fingerprint density at radius 3 is 2.70 bits per heavy atom. The summed E-state index contributed by atoms with van der Waals surface area (Å²) in [5, 5.41) is 9.01. The second-order valence-corrected chi connectivity index (χ2v) is 9.24. The maximum absolute atomic E-state index is 12.7. The molecule has 2 N–H and O–H groups in total. The van der Waals surface area contributed by atoms with Crippen molar-refractivity contribution in [2.24, 2.45) is 0 Å². The Kier molecular flexibility index (Phi) is 4.41. The smallest absolute Gasteiger partial charge is 0.242 e. The van der Waals surface area contributed by atoms with E-state index >= 15 is 0 Å². The monoisotopic (exact) mass is 367 g/mol. The van der Waals surface area contributed by atoms with Gasteiger partial charge in [0, 0.05) is 15.4 Å². The Bertz CT molecular complexity index is 908. The molecule has 23 heavy (non-hydrogen) atoms. The van der Waals surface area contributed by atoms with E-state index in [-0.39, 0.29) is 6.04 Å². The molecule has 0 aliphatic rings. The van der Waals surface area contributed by atoms with Crippen LogP contribution in [0.25, 0.3) is 10.6 Å². The molecule has 0 aromatic carbocycles. The van der Waals surface area contributed by atoms with Crippen LogP contribution in [0.5, 0.6) is 0 Å². The van der Waals surface area contributed by atoms with Crippen LogP contribution < -0.4 is 4.72 Å². The third-order valence-electron chi connectivity index (χ3n) is 3.42. The number of nitrogens with zero attached hydrogens (tertiary/aromatic N) is 1. The molecule has 0 amide bonds. The van der Waals surface area contributed by atoms with Gasteiger partial charge in [-0.05, 0) is 44.4 Å². The van der Waals surface area contributed by atoms with Gasteiger partial charge >= 0.3 is 0 Å². The molecule has 0 radical (unpaired) electrons. The quantitative estimate of drug-likeness (QED) is 0.719. The van der Waals surface area contributed by atoms with Crippen LogP contribution in [0.15, 0.2) is 34.5 Å². The van der Waals surface area contributed by atoms with Gasteiger partial charge in [-0.3, -0.25) is 5.10 Å². The van der Waals surface area contributed by atoms with Gasteiger partial charge in [0.15, 0.2) is 0 Å². The highest BCUT2D eigenvalue weighted by molar-refractivity contribution is 7.89. The number of hydrogen-bond donors (Lipinski definition) is 2. The molecular weight excluding hydrogens is 350 g/mol. The van der Waals surface area contributed by atoms with E-state index in [1.807, 2.05) is 44.4 Å². The minimum Gasteiger partial charge on any atom is -0.282 e. The van der Waals surface area contributed by atoms with E-state index in [1.165, 1.54) is 22.7 Å². The number of H-pyrrole nitrogens is 1. The molecule has 3 rings (SSSR count). The second-order valence-electron chi connectivity index (χ2n) is 5.33. The first-order chi connectivity index (χ1) is 10.9. The number of thiophene rings is 2. The first-order valence-electron chi connectivity index (χ1n) is 7.05. The van der Waals surface area contributed by atoms with Crippen LogP contribution in [0.2, 0.25) is 0 Å². The number of sulfonamides is 1. The summed E-state index contributed by atoms with van der Waals surface area (Å²) in [6, 6.07) is 7.19. The Morgan fingerprint density at radius 2 is 2.09 bits per heavy atom. The summed E-state index contributed by atoms with van der Waals surface area (Å²) >= 11 is 2.97. The summed E-state index contributed by atoms with van der Waals surface area (Å²) in [6.07, 6.45) is 0. The number of aromatic amines is 1. The molecule has 1 atom stereocenters. The highest BCUT2D eigenvalue weighted by Crippen LogP contribution is 2.33. The van der Waals surface area contributed by atoms with E-state index in [0.717, 1.165) is 26.0 Å². The van der Waals surface area contributed by atoms with Crippen molar-refractivity contribution in [1.82, 2.24) is 14.9 Å². The average Bonchev–Trinajstić information content (AvgIpc) is 3.17. The number of rotatable bonds is 5. The zero-order valence-electron chi connectivity index (χ0n) is 13.0. The molecule has 1 unspecified atom stereocenters. The lowest BCUT2D eigenvalue weighted by Gasteiger charge is -2.12. The largest absolute Gasteiger partial charge is 0.282 e. The first-order valence-corrected chi connectivity index (χ1v) is 10.2. The highest BCUT2D eigenvalue weighted by atomic mass is 32.2. The molecule has 0 saturated carbocycles. The minimum atomic E-state index is -3.57. The molecular formula is C15H17N3O2S3. The topological polar surface area (TPSA) is 74.8 Å². The van der Waals surface area contributed by atoms with Gasteiger partial charge in [0.1, 0.15) is 5.69 Å². The normalized spacial score (nSPS) is 13.3. The SMILES string of the molecule is Cc1cc(-c2cc(S(=O)(=O)NC(C)c3cccs3)c(C)s2)n[nH]1. The van der Waals surface area contributed by atoms with Gasteiger partial charge in [0.25, 0.3) is 0 Å². The van der Waals surface area contributed by atoms with Crippen molar-refractivity contribution in [1.29, 1.82) is 0 Å². The van der Waals surface area contributed by atoms with E-state index < -0.39 is 10.0 Å². The van der Waals surface area contributed by atoms with E-state index in [0.29, 0.717) is 4.90 Å². The Morgan fingerprint density at radius 1 is 1.30 bits per heavy atom. The van der Waals surface area contributed by atoms with Crippen molar-refractivity contribution in [2.75, 3.05) is 0 Å². The highest BCUT2D eigenvalue weighted by Gasteiger charge is 2.24. The summed E-state index contributed by atoms with van der Waals surface area (Å²) in [5.41, 5.74) is 1.71. The van der Waals surface area contributed by atoms with Gasteiger partial charge in [-0.2, -0.15) is 5.10 Å². The molecule has 0 bridgehead atoms. The van der Waals surface area contributed by atoms with Gasteiger partial charge in [-0.1, -0.05) is 6.07 Å². The van der Waals surface area contributed by atoms with Crippen LogP contribution in [0.1, 0.15) is 28.4 Å². The van der Waals surface area contributed by atoms with E-state index in [4.69, 9.17) is 0 Å². The van der Waals surface area contributed by atoms with Crippen molar-refractivity contribution in [3.8, 4) is 10.6 Å². The fourth-order valence-electron chi connectivity index (χ4n) is 2.29. The average molecular weight is 368 g/mol. The fourth-order valence-corrected chi connectivity index (χ4v) is 5.88. The van der Waals surface area contributed by atoms with Crippen molar-refractivity contribution < 1.29 is 8.42 Å². The zero-order chi connectivity index (χ0) is 16.6. The molecule has 3 heterocycles. The first kappa shape index (κ1) is 16.4. The second kappa shape index (κ2) is 6.20. The number of aromatic nitrogens is 2. The van der Waals surface area contributed by atoms with Crippen molar-refractivity contribution in [3.05, 3.63) is 45.1 Å². The lowest BCUT2D eigenvalue weighted by Crippen LogP contribution is -2.26. The van der Waals surface area contributed by atoms with Gasteiger partial charge in [-0.15, -0.1) is 22.7 Å². The summed E-state index contributed by atoms with van der Waals surface area (Å²) in [4.78, 5) is 2.91. The van der Waals surface area contributed by atoms with Gasteiger partial charge in [0.05, 0.1) is 15.8 Å². The molecule has 0 fully saturated rings. The zero-order valence-corrected chi connectivity index (χ0v) is 15.4. The van der Waals surface area contributed by atoms with Crippen molar-refractivity contribution in [3.63, 3.8) is 0 Å². The van der Waals surface area contributed by atoms with Crippen molar-refractivity contribution >= 4 is 32.7 Å². The maximum atomic E-state index is 12.7. The summed E-state index contributed by atoms with van der Waals surface area (Å²) in [7, 11) is -3.57. The Balaban J connectivity index is 1.90. The Labute approximate surface area is 143 Å². The van der Waals surface area contributed by atoms with Crippen LogP contribution in [-0.2, 0) is 10.0 Å². The van der Waals surface area contributed by atoms with Crippen LogP contribution in [0, 0.1) is 13.8 Å². The third-order valence-corrected chi connectivity index (χ3v) is 7.35. The lowest BCUT2D eigenvalue weighted by molar-refractivity contribution is 0.568. The minimum absolute atomic E-state index is 0.254. The van der Waals surface area contributed by atoms with Gasteiger partial charge in [-0.25, -0.2) is 13.1 Å². The molecule has 5 nitrogen and oxygen atoms in total. The van der Waals surface area contributed by atoms with E-state index in [1.54, 1.807) is 6.07 Å². The molecule has 0 aliphatic carbocycles. The fraction of sp³-hybridized carbons (Fsp3) is 0.267. The predicted octanol–water partition coefficient (Wildman–Crippen LogP) is 3.86. The third kappa shape index (κ3) is 3.40. The number of nitrogens with one attached hydrogen (secondary N) is 2. The van der Waals surface area contributed by atoms with Crippen LogP contribution in [0.4, 0.5) is 0 Å². The van der Waals surface area contributed by atoms with E-state index in [2.05, 4.69) is 14.9 Å². The summed E-state index contributed by atoms with van der Waals surface area (Å²) < 4.78 is 28.1. The summed E-state index contributed by atoms with van der Waals surface area (Å²) in [6.45, 7) is 5.58. The Hall–Kier alpha value is -1.48. The lowest BCUT2D eigenvalue weighted by atomic mass is 10.3. The standard InChI is InChI=1S/C15H17N3O2S3/c1-9-7-12(17-16-9)14-8-15(11(3)22-14)23(19,20)18-10(2)13-5-4-6-21-13/h4-8,10,18H,1-3H3,(H,16,17). The van der Waals surface area contributed by atoms with Crippen LogP contribution in [-0.4, -0.2) is 18.6 Å². The van der Waals surface area contributed by atoms with Crippen LogP contribution >= 0.6 is 22.7 Å². The number of hydrogen-bond acceptors (Lipinski definition) is 5. The molecule has 0 saturated heterocycles. The van der Waals surface area contributed by atoms with Gasteiger partial charge in [0.2, 0.25) is 10.0 Å². The van der Waals surface area contributed by atoms with E-state index in [9.17, 15) is 8.42 Å². The summed E-state index contributed by atoms with van der Waals surface area (Å²) in [5.74, 6) is 0. The molecule has 3 aromatic rings. The number of aryl methyl sites for hydroxylation is 2. The van der Waals surface area contributed by atoms with Crippen molar-refractivity contribution in [2.45, 2.75) is 31.7 Å². The molecule has 122 valence electrons. The molecule has 8 heteroatoms. The van der Waals surface area contributed by atoms with Gasteiger partial charge < -0.3 is 0 Å². The molecule has 0 spiro atoms. The van der Waals surface area contributed by atoms with Crippen LogP contribution in [0.3, 0.4) is 0 Å². The molecule has 0 aliphatic heterocycles.